The molecule has 4 rings (SSSR count). The van der Waals surface area contributed by atoms with Crippen LogP contribution in [0.25, 0.3) is 6.08 Å². The Bertz CT molecular complexity index is 1090. The van der Waals surface area contributed by atoms with Crippen molar-refractivity contribution in [3.05, 3.63) is 87.5 Å². The van der Waals surface area contributed by atoms with Crippen LogP contribution in [-0.2, 0) is 4.79 Å². The summed E-state index contributed by atoms with van der Waals surface area (Å²) in [6.45, 7) is 0. The first-order chi connectivity index (χ1) is 13.6. The van der Waals surface area contributed by atoms with Gasteiger partial charge in [0, 0.05) is 4.88 Å². The van der Waals surface area contributed by atoms with Gasteiger partial charge in [0.1, 0.15) is 0 Å². The Morgan fingerprint density at radius 2 is 1.86 bits per heavy atom. The first-order valence-electron chi connectivity index (χ1n) is 8.36. The summed E-state index contributed by atoms with van der Waals surface area (Å²) in [5.74, 6) is -1.17. The van der Waals surface area contributed by atoms with E-state index >= 15 is 0 Å². The zero-order valence-electron chi connectivity index (χ0n) is 14.5. The van der Waals surface area contributed by atoms with Gasteiger partial charge in [-0.05, 0) is 59.6 Å². The molecule has 1 amide bonds. The number of thioether (sulfide) groups is 1. The van der Waals surface area contributed by atoms with Crippen molar-refractivity contribution < 1.29 is 14.7 Å². The molecular weight excluding hydrogens is 392 g/mol. The largest absolute Gasteiger partial charge is 0.478 e. The van der Waals surface area contributed by atoms with Crippen LogP contribution >= 0.6 is 23.1 Å². The standard InChI is InChI=1S/C21H14N2O3S2/c24-19-18(13-17-10-5-11-27-17)28-21(23(19)16-8-2-1-3-9-16)22-15-7-4-6-14(12-15)20(25)26/h1-13H,(H,25,26)/b18-13+,22-21?. The normalized spacial score (nSPS) is 16.9. The monoisotopic (exact) mass is 406 g/mol. The molecule has 0 atom stereocenters. The SMILES string of the molecule is O=C(O)c1cccc(N=C2S/C(=C/c3cccs3)C(=O)N2c2ccccc2)c1. The summed E-state index contributed by atoms with van der Waals surface area (Å²) in [6.07, 6.45) is 1.85. The number of carboxylic acid groups (broad SMARTS) is 1. The number of hydrogen-bond donors (Lipinski definition) is 1. The molecule has 1 fully saturated rings. The number of aliphatic imine (C=N–C) groups is 1. The van der Waals surface area contributed by atoms with Crippen LogP contribution in [0.4, 0.5) is 11.4 Å². The van der Waals surface area contributed by atoms with Gasteiger partial charge in [-0.3, -0.25) is 9.69 Å². The van der Waals surface area contributed by atoms with Gasteiger partial charge in [-0.15, -0.1) is 11.3 Å². The Morgan fingerprint density at radius 3 is 2.57 bits per heavy atom. The van der Waals surface area contributed by atoms with Crippen LogP contribution in [-0.4, -0.2) is 22.2 Å². The average Bonchev–Trinajstić information content (AvgIpc) is 3.31. The maximum atomic E-state index is 13.1. The number of amidine groups is 1. The zero-order valence-corrected chi connectivity index (χ0v) is 16.1. The maximum Gasteiger partial charge on any atom is 0.335 e. The van der Waals surface area contributed by atoms with Crippen LogP contribution in [0, 0.1) is 0 Å². The number of carbonyl (C=O) groups excluding carboxylic acids is 1. The highest BCUT2D eigenvalue weighted by atomic mass is 32.2. The topological polar surface area (TPSA) is 70.0 Å². The van der Waals surface area contributed by atoms with Crippen molar-refractivity contribution in [1.29, 1.82) is 0 Å². The van der Waals surface area contributed by atoms with Gasteiger partial charge in [-0.25, -0.2) is 9.79 Å². The number of anilines is 1. The number of para-hydroxylation sites is 1. The molecule has 2 heterocycles. The van der Waals surface area contributed by atoms with Crippen LogP contribution in [0.5, 0.6) is 0 Å². The summed E-state index contributed by atoms with van der Waals surface area (Å²) in [6, 6.07) is 19.5. The molecule has 1 N–H and O–H groups in total. The van der Waals surface area contributed by atoms with E-state index in [1.807, 2.05) is 53.9 Å². The molecule has 0 radical (unpaired) electrons. The number of benzene rings is 2. The summed E-state index contributed by atoms with van der Waals surface area (Å²) in [5, 5.41) is 11.6. The van der Waals surface area contributed by atoms with E-state index in [0.717, 1.165) is 4.88 Å². The predicted octanol–water partition coefficient (Wildman–Crippen LogP) is 5.25. The molecule has 1 aliphatic rings. The van der Waals surface area contributed by atoms with Crippen molar-refractivity contribution in [2.75, 3.05) is 4.90 Å². The van der Waals surface area contributed by atoms with Crippen LogP contribution in [0.1, 0.15) is 15.2 Å². The fourth-order valence-electron chi connectivity index (χ4n) is 2.68. The summed E-state index contributed by atoms with van der Waals surface area (Å²) in [5.41, 5.74) is 1.34. The van der Waals surface area contributed by atoms with Gasteiger partial charge in [-0.2, -0.15) is 0 Å². The van der Waals surface area contributed by atoms with E-state index in [0.29, 0.717) is 21.4 Å². The van der Waals surface area contributed by atoms with Crippen molar-refractivity contribution in [3.63, 3.8) is 0 Å². The van der Waals surface area contributed by atoms with E-state index in [1.165, 1.54) is 23.9 Å². The number of hydrogen-bond acceptors (Lipinski definition) is 5. The third-order valence-electron chi connectivity index (χ3n) is 3.96. The highest BCUT2D eigenvalue weighted by molar-refractivity contribution is 8.19. The summed E-state index contributed by atoms with van der Waals surface area (Å²) in [7, 11) is 0. The third kappa shape index (κ3) is 3.76. The summed E-state index contributed by atoms with van der Waals surface area (Å²) < 4.78 is 0. The lowest BCUT2D eigenvalue weighted by molar-refractivity contribution is -0.113. The van der Waals surface area contributed by atoms with E-state index < -0.39 is 5.97 Å². The molecule has 1 aromatic heterocycles. The molecule has 5 nitrogen and oxygen atoms in total. The van der Waals surface area contributed by atoms with Crippen molar-refractivity contribution in [2.24, 2.45) is 4.99 Å². The van der Waals surface area contributed by atoms with Gasteiger partial charge in [0.25, 0.3) is 5.91 Å². The van der Waals surface area contributed by atoms with Gasteiger partial charge in [0.05, 0.1) is 21.8 Å². The second kappa shape index (κ2) is 7.84. The minimum atomic E-state index is -1.02. The van der Waals surface area contributed by atoms with Crippen molar-refractivity contribution in [1.82, 2.24) is 0 Å². The van der Waals surface area contributed by atoms with Crippen LogP contribution in [0.15, 0.2) is 82.0 Å². The Balaban J connectivity index is 1.78. The first kappa shape index (κ1) is 18.2. The van der Waals surface area contributed by atoms with Gasteiger partial charge in [0.2, 0.25) is 0 Å². The molecule has 3 aromatic rings. The van der Waals surface area contributed by atoms with E-state index in [-0.39, 0.29) is 11.5 Å². The number of thiophene rings is 1. The molecule has 2 aromatic carbocycles. The van der Waals surface area contributed by atoms with Gasteiger partial charge in [-0.1, -0.05) is 30.3 Å². The molecule has 138 valence electrons. The number of rotatable bonds is 4. The Labute approximate surface area is 169 Å². The van der Waals surface area contributed by atoms with Crippen molar-refractivity contribution in [2.45, 2.75) is 0 Å². The smallest absolute Gasteiger partial charge is 0.335 e. The van der Waals surface area contributed by atoms with Gasteiger partial charge >= 0.3 is 5.97 Å². The second-order valence-corrected chi connectivity index (χ2v) is 7.84. The average molecular weight is 406 g/mol. The van der Waals surface area contributed by atoms with E-state index in [2.05, 4.69) is 4.99 Å². The summed E-state index contributed by atoms with van der Waals surface area (Å²) in [4.78, 5) is 32.0. The maximum absolute atomic E-state index is 13.1. The van der Waals surface area contributed by atoms with Gasteiger partial charge < -0.3 is 5.11 Å². The molecular formula is C21H14N2O3S2. The highest BCUT2D eigenvalue weighted by Crippen LogP contribution is 2.37. The Morgan fingerprint density at radius 1 is 1.04 bits per heavy atom. The molecule has 28 heavy (non-hydrogen) atoms. The third-order valence-corrected chi connectivity index (χ3v) is 5.74. The lowest BCUT2D eigenvalue weighted by atomic mass is 10.2. The first-order valence-corrected chi connectivity index (χ1v) is 10.1. The number of amides is 1. The molecule has 0 spiro atoms. The molecule has 0 unspecified atom stereocenters. The fourth-order valence-corrected chi connectivity index (χ4v) is 4.40. The Kier molecular flexibility index (Phi) is 5.10. The molecule has 1 aliphatic heterocycles. The number of aromatic carboxylic acids is 1. The number of carbonyl (C=O) groups is 2. The highest BCUT2D eigenvalue weighted by Gasteiger charge is 2.34. The molecule has 0 saturated carbocycles. The fraction of sp³-hybridized carbons (Fsp3) is 0. The number of nitrogens with zero attached hydrogens (tertiary/aromatic N) is 2. The van der Waals surface area contributed by atoms with E-state index in [1.54, 1.807) is 28.4 Å². The minimum Gasteiger partial charge on any atom is -0.478 e. The predicted molar refractivity (Wildman–Crippen MR) is 114 cm³/mol. The Hall–Kier alpha value is -3.16. The van der Waals surface area contributed by atoms with Crippen LogP contribution in [0.3, 0.4) is 0 Å². The van der Waals surface area contributed by atoms with Crippen molar-refractivity contribution >= 4 is 57.6 Å². The number of carboxylic acids is 1. The summed E-state index contributed by atoms with van der Waals surface area (Å²) >= 11 is 2.83. The van der Waals surface area contributed by atoms with Crippen molar-refractivity contribution in [3.8, 4) is 0 Å². The quantitative estimate of drug-likeness (QED) is 0.601. The lowest BCUT2D eigenvalue weighted by Crippen LogP contribution is -2.28. The molecule has 1 saturated heterocycles. The second-order valence-electron chi connectivity index (χ2n) is 5.85. The molecule has 0 bridgehead atoms. The van der Waals surface area contributed by atoms with Gasteiger partial charge in [0.15, 0.2) is 5.17 Å². The molecule has 7 heteroatoms. The minimum absolute atomic E-state index is 0.150. The van der Waals surface area contributed by atoms with E-state index in [4.69, 9.17) is 0 Å². The van der Waals surface area contributed by atoms with Crippen LogP contribution in [0.2, 0.25) is 0 Å². The van der Waals surface area contributed by atoms with Crippen LogP contribution < -0.4 is 4.90 Å². The van der Waals surface area contributed by atoms with E-state index in [9.17, 15) is 14.7 Å². The zero-order chi connectivity index (χ0) is 19.5. The lowest BCUT2D eigenvalue weighted by Gasteiger charge is -2.15. The molecule has 0 aliphatic carbocycles.